The molecule has 0 radical (unpaired) electrons. The highest BCUT2D eigenvalue weighted by molar-refractivity contribution is 7.91. The highest BCUT2D eigenvalue weighted by Crippen LogP contribution is 2.33. The van der Waals surface area contributed by atoms with E-state index in [-0.39, 0.29) is 32.9 Å². The van der Waals surface area contributed by atoms with Gasteiger partial charge in [0, 0.05) is 17.3 Å². The van der Waals surface area contributed by atoms with Crippen molar-refractivity contribution in [3.8, 4) is 22.4 Å². The van der Waals surface area contributed by atoms with Gasteiger partial charge in [-0.05, 0) is 24.3 Å². The van der Waals surface area contributed by atoms with Gasteiger partial charge < -0.3 is 8.94 Å². The lowest BCUT2D eigenvalue weighted by Crippen LogP contribution is -2.12. The van der Waals surface area contributed by atoms with Gasteiger partial charge in [0.2, 0.25) is 5.43 Å². The first kappa shape index (κ1) is 20.8. The van der Waals surface area contributed by atoms with E-state index in [0.717, 1.165) is 18.4 Å². The molecular formula is C20H13F3N2O5S. The van der Waals surface area contributed by atoms with E-state index in [0.29, 0.717) is 17.2 Å². The predicted octanol–water partition coefficient (Wildman–Crippen LogP) is 4.32. The van der Waals surface area contributed by atoms with Crippen LogP contribution >= 0.6 is 0 Å². The monoisotopic (exact) mass is 450 g/mol. The Bertz CT molecular complexity index is 1440. The average Bonchev–Trinajstić information content (AvgIpc) is 3.28. The van der Waals surface area contributed by atoms with Crippen LogP contribution in [0.5, 0.6) is 0 Å². The number of pyridine rings is 1. The predicted molar refractivity (Wildman–Crippen MR) is 104 cm³/mol. The Kier molecular flexibility index (Phi) is 4.92. The Labute approximate surface area is 173 Å². The van der Waals surface area contributed by atoms with Crippen molar-refractivity contribution in [2.24, 2.45) is 0 Å². The lowest BCUT2D eigenvalue weighted by atomic mass is 10.1. The van der Waals surface area contributed by atoms with Gasteiger partial charge in [0.05, 0.1) is 39.1 Å². The fourth-order valence-electron chi connectivity index (χ4n) is 3.01. The summed E-state index contributed by atoms with van der Waals surface area (Å²) in [5, 5.41) is 3.44. The van der Waals surface area contributed by atoms with Gasteiger partial charge in [0.15, 0.2) is 9.84 Å². The Morgan fingerprint density at radius 2 is 1.84 bits per heavy atom. The standard InChI is InChI=1S/C20H13F3N2O5S/c1-2-31(27,28)17-5-11(12-8-25-30-9-12)7-24-18(17)15-10-29-16-6-13(20(21,22)23)3-4-14(16)19(15)26/h3-10H,2H2,1H3. The fraction of sp³-hybridized carbons (Fsp3) is 0.150. The molecule has 3 heterocycles. The van der Waals surface area contributed by atoms with Crippen molar-refractivity contribution in [1.82, 2.24) is 10.1 Å². The molecule has 0 spiro atoms. The number of hydrogen-bond acceptors (Lipinski definition) is 7. The Hall–Kier alpha value is -3.47. The number of nitrogens with zero attached hydrogens (tertiary/aromatic N) is 2. The lowest BCUT2D eigenvalue weighted by Gasteiger charge is -2.11. The van der Waals surface area contributed by atoms with Gasteiger partial charge in [0.1, 0.15) is 18.1 Å². The fourth-order valence-corrected chi connectivity index (χ4v) is 4.09. The molecule has 0 amide bonds. The van der Waals surface area contributed by atoms with E-state index < -0.39 is 27.0 Å². The van der Waals surface area contributed by atoms with Crippen molar-refractivity contribution < 1.29 is 30.5 Å². The van der Waals surface area contributed by atoms with Crippen LogP contribution in [0.1, 0.15) is 12.5 Å². The Balaban J connectivity index is 1.95. The van der Waals surface area contributed by atoms with E-state index in [1.807, 2.05) is 0 Å². The topological polar surface area (TPSA) is 103 Å². The largest absolute Gasteiger partial charge is 0.463 e. The first-order chi connectivity index (χ1) is 14.6. The highest BCUT2D eigenvalue weighted by atomic mass is 32.2. The van der Waals surface area contributed by atoms with Crippen LogP contribution in [0.15, 0.2) is 67.8 Å². The number of aromatic nitrogens is 2. The maximum Gasteiger partial charge on any atom is 0.416 e. The lowest BCUT2D eigenvalue weighted by molar-refractivity contribution is -0.137. The molecule has 0 saturated heterocycles. The van der Waals surface area contributed by atoms with Crippen molar-refractivity contribution in [3.63, 3.8) is 0 Å². The number of fused-ring (bicyclic) bond motifs is 1. The maximum absolute atomic E-state index is 13.0. The van der Waals surface area contributed by atoms with Crippen LogP contribution in [0.2, 0.25) is 0 Å². The molecule has 7 nitrogen and oxygen atoms in total. The molecule has 31 heavy (non-hydrogen) atoms. The minimum absolute atomic E-state index is 0.129. The number of hydrogen-bond donors (Lipinski definition) is 0. The molecule has 0 atom stereocenters. The second-order valence-corrected chi connectivity index (χ2v) is 8.82. The molecule has 3 aromatic heterocycles. The van der Waals surface area contributed by atoms with Crippen molar-refractivity contribution in [2.45, 2.75) is 18.0 Å². The SMILES string of the molecule is CCS(=O)(=O)c1cc(-c2cnoc2)cnc1-c1coc2cc(C(F)(F)F)ccc2c1=O. The van der Waals surface area contributed by atoms with Crippen molar-refractivity contribution in [2.75, 3.05) is 5.75 Å². The van der Waals surface area contributed by atoms with Crippen LogP contribution in [0.25, 0.3) is 33.4 Å². The average molecular weight is 450 g/mol. The molecule has 0 bridgehead atoms. The van der Waals surface area contributed by atoms with Crippen LogP contribution in [-0.2, 0) is 16.0 Å². The van der Waals surface area contributed by atoms with E-state index in [2.05, 4.69) is 10.1 Å². The smallest absolute Gasteiger partial charge is 0.416 e. The molecule has 1 aromatic carbocycles. The first-order valence-corrected chi connectivity index (χ1v) is 10.5. The zero-order valence-corrected chi connectivity index (χ0v) is 16.6. The molecule has 4 rings (SSSR count). The van der Waals surface area contributed by atoms with Crippen LogP contribution < -0.4 is 5.43 Å². The molecule has 0 aliphatic heterocycles. The molecule has 0 aliphatic rings. The number of sulfone groups is 1. The van der Waals surface area contributed by atoms with E-state index in [1.165, 1.54) is 31.6 Å². The summed E-state index contributed by atoms with van der Waals surface area (Å²) >= 11 is 0. The van der Waals surface area contributed by atoms with E-state index in [4.69, 9.17) is 8.94 Å². The minimum atomic E-state index is -4.60. The van der Waals surface area contributed by atoms with Crippen LogP contribution in [0.4, 0.5) is 13.2 Å². The first-order valence-electron chi connectivity index (χ1n) is 8.87. The zero-order chi connectivity index (χ0) is 22.4. The van der Waals surface area contributed by atoms with Crippen molar-refractivity contribution in [1.29, 1.82) is 0 Å². The summed E-state index contributed by atoms with van der Waals surface area (Å²) in [5.41, 5.74) is -1.40. The van der Waals surface area contributed by atoms with Crippen LogP contribution in [0, 0.1) is 0 Å². The molecular weight excluding hydrogens is 437 g/mol. The summed E-state index contributed by atoms with van der Waals surface area (Å²) in [5.74, 6) is -0.261. The number of halogens is 3. The molecule has 0 fully saturated rings. The summed E-state index contributed by atoms with van der Waals surface area (Å²) in [6, 6.07) is 3.80. The van der Waals surface area contributed by atoms with Gasteiger partial charge in [0.25, 0.3) is 0 Å². The maximum atomic E-state index is 13.0. The summed E-state index contributed by atoms with van der Waals surface area (Å²) in [6.07, 6.45) is 0.338. The van der Waals surface area contributed by atoms with Crippen LogP contribution in [-0.4, -0.2) is 24.3 Å². The zero-order valence-electron chi connectivity index (χ0n) is 15.8. The molecule has 0 unspecified atom stereocenters. The quantitative estimate of drug-likeness (QED) is 0.456. The summed E-state index contributed by atoms with van der Waals surface area (Å²) < 4.78 is 74.2. The molecule has 0 aliphatic carbocycles. The number of alkyl halides is 3. The molecule has 11 heteroatoms. The summed E-state index contributed by atoms with van der Waals surface area (Å²) in [6.45, 7) is 1.44. The van der Waals surface area contributed by atoms with Gasteiger partial charge in [-0.15, -0.1) is 0 Å². The number of benzene rings is 1. The van der Waals surface area contributed by atoms with Crippen molar-refractivity contribution in [3.05, 3.63) is 65.0 Å². The number of rotatable bonds is 4. The molecule has 4 aromatic rings. The van der Waals surface area contributed by atoms with Crippen molar-refractivity contribution >= 4 is 20.8 Å². The molecule has 0 saturated carbocycles. The van der Waals surface area contributed by atoms with Gasteiger partial charge in [-0.3, -0.25) is 9.78 Å². The molecule has 160 valence electrons. The summed E-state index contributed by atoms with van der Waals surface area (Å²) in [4.78, 5) is 16.9. The van der Waals surface area contributed by atoms with Gasteiger partial charge in [-0.1, -0.05) is 12.1 Å². The highest BCUT2D eigenvalue weighted by Gasteiger charge is 2.31. The second-order valence-electron chi connectivity index (χ2n) is 6.57. The summed E-state index contributed by atoms with van der Waals surface area (Å²) in [7, 11) is -3.83. The molecule has 0 N–H and O–H groups in total. The van der Waals surface area contributed by atoms with E-state index in [9.17, 15) is 26.4 Å². The minimum Gasteiger partial charge on any atom is -0.463 e. The Morgan fingerprint density at radius 1 is 1.06 bits per heavy atom. The van der Waals surface area contributed by atoms with E-state index in [1.54, 1.807) is 0 Å². The second kappa shape index (κ2) is 7.34. The van der Waals surface area contributed by atoms with Crippen LogP contribution in [0.3, 0.4) is 0 Å². The normalized spacial score (nSPS) is 12.4. The Morgan fingerprint density at radius 3 is 2.48 bits per heavy atom. The third kappa shape index (κ3) is 3.72. The van der Waals surface area contributed by atoms with Gasteiger partial charge in [-0.25, -0.2) is 8.42 Å². The third-order valence-corrected chi connectivity index (χ3v) is 6.43. The van der Waals surface area contributed by atoms with E-state index >= 15 is 0 Å². The van der Waals surface area contributed by atoms with Gasteiger partial charge in [-0.2, -0.15) is 13.2 Å². The third-order valence-electron chi connectivity index (χ3n) is 4.69. The van der Waals surface area contributed by atoms with Gasteiger partial charge >= 0.3 is 6.18 Å².